The molecule has 1 aliphatic heterocycles. The van der Waals surface area contributed by atoms with E-state index in [1.165, 1.54) is 0 Å². The molecule has 1 rings (SSSR count). The molecule has 0 radical (unpaired) electrons. The Balaban J connectivity index is 0. The first kappa shape index (κ1) is 27.6. The van der Waals surface area contributed by atoms with E-state index >= 15 is 0 Å². The minimum atomic E-state index is -1.92. The van der Waals surface area contributed by atoms with Crippen LogP contribution in [0, 0.1) is 0 Å². The van der Waals surface area contributed by atoms with Gasteiger partial charge in [-0.1, -0.05) is 0 Å². The van der Waals surface area contributed by atoms with Crippen molar-refractivity contribution in [2.75, 3.05) is 13.2 Å². The molecule has 147 valence electrons. The summed E-state index contributed by atoms with van der Waals surface area (Å²) in [6.07, 6.45) is -1.51. The van der Waals surface area contributed by atoms with Crippen molar-refractivity contribution in [3.63, 3.8) is 0 Å². The maximum atomic E-state index is 10.00. The first-order chi connectivity index (χ1) is 10.6. The Bertz CT molecular complexity index is 331. The normalized spacial score (nSPS) is 22.6. The molecule has 2 N–H and O–H groups in total. The average Bonchev–Trinajstić information content (AvgIpc) is 2.56. The van der Waals surface area contributed by atoms with E-state index in [-0.39, 0.29) is 0 Å². The molecule has 0 aromatic carbocycles. The second-order valence-electron chi connectivity index (χ2n) is 6.74. The number of hydrogen-bond donors (Lipinski definition) is 2. The summed E-state index contributed by atoms with van der Waals surface area (Å²) in [4.78, 5) is 0. The van der Waals surface area contributed by atoms with Crippen LogP contribution in [0.1, 0.15) is 55.4 Å². The molecule has 5 nitrogen and oxygen atoms in total. The summed E-state index contributed by atoms with van der Waals surface area (Å²) >= 11 is -1.92. The predicted octanol–water partition coefficient (Wildman–Crippen LogP) is 4.16. The van der Waals surface area contributed by atoms with E-state index in [0.717, 1.165) is 13.2 Å². The van der Waals surface area contributed by atoms with Crippen LogP contribution in [0.3, 0.4) is 0 Å². The van der Waals surface area contributed by atoms with Crippen LogP contribution in [0.2, 0.25) is 0 Å². The Hall–Kier alpha value is 1.38. The molecule has 0 unspecified atom stereocenters. The molecule has 0 spiro atoms. The van der Waals surface area contributed by atoms with Crippen molar-refractivity contribution in [1.29, 1.82) is 0 Å². The molecule has 0 bridgehead atoms. The third-order valence-corrected chi connectivity index (χ3v) is 3.02. The van der Waals surface area contributed by atoms with Gasteiger partial charge in [-0.05, 0) is 55.4 Å². The number of halogens is 3. The van der Waals surface area contributed by atoms with E-state index in [0.29, 0.717) is 0 Å². The molecule has 24 heavy (non-hydrogen) atoms. The Labute approximate surface area is 164 Å². The third-order valence-electron chi connectivity index (χ3n) is 3.02. The summed E-state index contributed by atoms with van der Waals surface area (Å²) < 4.78 is 16.1. The van der Waals surface area contributed by atoms with Crippen molar-refractivity contribution in [3.8, 4) is 0 Å². The second kappa shape index (κ2) is 12.0. The topological polar surface area (TPSA) is 68.2 Å². The van der Waals surface area contributed by atoms with Crippen LogP contribution in [0.25, 0.3) is 0 Å². The van der Waals surface area contributed by atoms with Crippen LogP contribution in [-0.2, 0) is 28.9 Å². The van der Waals surface area contributed by atoms with Crippen LogP contribution >= 0.6 is 27.9 Å². The summed E-state index contributed by atoms with van der Waals surface area (Å²) in [5.41, 5.74) is -1.81. The zero-order valence-corrected chi connectivity index (χ0v) is 19.7. The monoisotopic (exact) mass is 445 g/mol. The van der Waals surface area contributed by atoms with E-state index in [1.54, 1.807) is 27.7 Å². The fourth-order valence-electron chi connectivity index (χ4n) is 2.18. The summed E-state index contributed by atoms with van der Waals surface area (Å²) in [7, 11) is 14.9. The van der Waals surface area contributed by atoms with Crippen molar-refractivity contribution >= 4 is 27.9 Å². The zero-order chi connectivity index (χ0) is 19.8. The standard InChI is InChI=1S/C11H22O4.C4H10O.3ClH.Ti/c1-9(2,13)7(12)8-10(3,4)15-11(5,6)14-8;1-3-5-4-2;;;;/h7-8,12-13H,1-6H3;3-4H2,1-2H3;3*1H;/q;;;;;+3/p-3/t7-,8-;;;;;/m1...../s1. The van der Waals surface area contributed by atoms with Gasteiger partial charge in [-0.15, -0.1) is 0 Å². The Morgan fingerprint density at radius 1 is 1.12 bits per heavy atom. The Morgan fingerprint density at radius 2 is 1.50 bits per heavy atom. The first-order valence-corrected chi connectivity index (χ1v) is 14.2. The van der Waals surface area contributed by atoms with E-state index in [4.69, 9.17) is 42.1 Å². The van der Waals surface area contributed by atoms with Crippen molar-refractivity contribution in [2.45, 2.75) is 84.6 Å². The quantitative estimate of drug-likeness (QED) is 0.635. The van der Waals surface area contributed by atoms with Crippen molar-refractivity contribution < 1.29 is 39.1 Å². The number of rotatable bonds is 4. The predicted molar refractivity (Wildman–Crippen MR) is 96.1 cm³/mol. The zero-order valence-electron chi connectivity index (χ0n) is 15.8. The van der Waals surface area contributed by atoms with E-state index in [2.05, 4.69) is 0 Å². The number of ether oxygens (including phenoxy) is 3. The number of hydrogen-bond acceptors (Lipinski definition) is 5. The van der Waals surface area contributed by atoms with Crippen LogP contribution in [0.15, 0.2) is 0 Å². The molecule has 1 saturated heterocycles. The summed E-state index contributed by atoms with van der Waals surface area (Å²) in [5, 5.41) is 19.8. The molecule has 0 aromatic rings. The van der Waals surface area contributed by atoms with Gasteiger partial charge in [-0.3, -0.25) is 0 Å². The van der Waals surface area contributed by atoms with Gasteiger partial charge < -0.3 is 24.4 Å². The molecular weight excluding hydrogens is 414 g/mol. The first-order valence-electron chi connectivity index (χ1n) is 7.80. The van der Waals surface area contributed by atoms with Gasteiger partial charge in [-0.2, -0.15) is 0 Å². The number of aliphatic hydroxyl groups is 2. The summed E-state index contributed by atoms with van der Waals surface area (Å²) in [6.45, 7) is 16.1. The van der Waals surface area contributed by atoms with E-state index in [1.807, 2.05) is 27.7 Å². The van der Waals surface area contributed by atoms with Crippen LogP contribution in [0.4, 0.5) is 0 Å². The molecule has 2 atom stereocenters. The van der Waals surface area contributed by atoms with Gasteiger partial charge >= 0.3 is 42.6 Å². The molecule has 0 saturated carbocycles. The van der Waals surface area contributed by atoms with Crippen molar-refractivity contribution in [3.05, 3.63) is 0 Å². The van der Waals surface area contributed by atoms with Crippen LogP contribution in [-0.4, -0.2) is 52.6 Å². The second-order valence-corrected chi connectivity index (χ2v) is 14.5. The van der Waals surface area contributed by atoms with Crippen molar-refractivity contribution in [1.82, 2.24) is 0 Å². The van der Waals surface area contributed by atoms with Gasteiger partial charge in [0.1, 0.15) is 12.2 Å². The summed E-state index contributed by atoms with van der Waals surface area (Å²) in [6, 6.07) is 0. The van der Waals surface area contributed by atoms with E-state index < -0.39 is 43.9 Å². The SMILES string of the molecule is CC1(C)O[C@H]([C@@H](O)C(C)(C)O)C(C)(C)O1.CCOCC.[Cl][Ti]([Cl])[Cl]. The van der Waals surface area contributed by atoms with Crippen molar-refractivity contribution in [2.24, 2.45) is 0 Å². The maximum absolute atomic E-state index is 10.00. The molecule has 9 heteroatoms. The van der Waals surface area contributed by atoms with Gasteiger partial charge in [0.15, 0.2) is 5.79 Å². The van der Waals surface area contributed by atoms with Gasteiger partial charge in [-0.25, -0.2) is 0 Å². The molecule has 0 amide bonds. The van der Waals surface area contributed by atoms with Crippen LogP contribution < -0.4 is 0 Å². The molecule has 1 fully saturated rings. The Kier molecular flexibility index (Phi) is 13.8. The molecular formula is C15H32Cl3O5Ti. The van der Waals surface area contributed by atoms with E-state index in [9.17, 15) is 10.2 Å². The molecule has 0 aliphatic carbocycles. The number of aliphatic hydroxyl groups excluding tert-OH is 1. The summed E-state index contributed by atoms with van der Waals surface area (Å²) in [5.74, 6) is -0.722. The molecule has 0 aromatic heterocycles. The third kappa shape index (κ3) is 12.7. The molecule has 1 aliphatic rings. The fourth-order valence-corrected chi connectivity index (χ4v) is 2.18. The van der Waals surface area contributed by atoms with Crippen LogP contribution in [0.5, 0.6) is 0 Å². The van der Waals surface area contributed by atoms with Gasteiger partial charge in [0.25, 0.3) is 0 Å². The Morgan fingerprint density at radius 3 is 1.67 bits per heavy atom. The minimum absolute atomic E-state index is 0.535. The van der Waals surface area contributed by atoms with Gasteiger partial charge in [0.05, 0.1) is 11.2 Å². The fraction of sp³-hybridized carbons (Fsp3) is 1.00. The average molecular weight is 447 g/mol. The van der Waals surface area contributed by atoms with Gasteiger partial charge in [0, 0.05) is 13.2 Å². The molecule has 1 heterocycles. The van der Waals surface area contributed by atoms with Gasteiger partial charge in [0.2, 0.25) is 0 Å².